The summed E-state index contributed by atoms with van der Waals surface area (Å²) in [5, 5.41) is 15.8. The second kappa shape index (κ2) is 9.68. The van der Waals surface area contributed by atoms with E-state index in [2.05, 4.69) is 34.7 Å². The maximum absolute atomic E-state index is 9.27. The van der Waals surface area contributed by atoms with Crippen LogP contribution in [0.4, 0.5) is 0 Å². The lowest BCUT2D eigenvalue weighted by atomic mass is 10.2. The number of aromatic hydroxyl groups is 1. The highest BCUT2D eigenvalue weighted by atomic mass is 127. The van der Waals surface area contributed by atoms with Gasteiger partial charge in [-0.3, -0.25) is 0 Å². The van der Waals surface area contributed by atoms with E-state index in [-0.39, 0.29) is 29.7 Å². The van der Waals surface area contributed by atoms with E-state index in [1.54, 1.807) is 23.5 Å². The third kappa shape index (κ3) is 6.23. The Morgan fingerprint density at radius 1 is 1.14 bits per heavy atom. The van der Waals surface area contributed by atoms with E-state index in [0.717, 1.165) is 24.6 Å². The van der Waals surface area contributed by atoms with Crippen LogP contribution in [0, 0.1) is 6.92 Å². The van der Waals surface area contributed by atoms with Crippen molar-refractivity contribution in [2.75, 3.05) is 6.54 Å². The van der Waals surface area contributed by atoms with Crippen LogP contribution in [0.1, 0.15) is 22.2 Å². The van der Waals surface area contributed by atoms with E-state index in [9.17, 15) is 5.11 Å². The van der Waals surface area contributed by atoms with E-state index in [4.69, 9.17) is 0 Å². The van der Waals surface area contributed by atoms with Crippen molar-refractivity contribution in [3.05, 3.63) is 51.7 Å². The molecule has 0 aliphatic carbocycles. The van der Waals surface area contributed by atoms with E-state index < -0.39 is 0 Å². The number of hydrogen-bond donors (Lipinski definition) is 3. The third-order valence-electron chi connectivity index (χ3n) is 2.93. The summed E-state index contributed by atoms with van der Waals surface area (Å²) in [5.74, 6) is 1.08. The van der Waals surface area contributed by atoms with Crippen molar-refractivity contribution in [3.63, 3.8) is 0 Å². The molecule has 0 radical (unpaired) electrons. The summed E-state index contributed by atoms with van der Waals surface area (Å²) in [6.45, 7) is 6.34. The van der Waals surface area contributed by atoms with Crippen molar-refractivity contribution >= 4 is 41.3 Å². The quantitative estimate of drug-likeness (QED) is 0.385. The van der Waals surface area contributed by atoms with Gasteiger partial charge < -0.3 is 15.7 Å². The summed E-state index contributed by atoms with van der Waals surface area (Å²) in [4.78, 5) is 7.16. The molecule has 0 aliphatic rings. The number of phenols is 1. The minimum atomic E-state index is 0. The topological polar surface area (TPSA) is 56.7 Å². The number of thiophene rings is 1. The number of guanidine groups is 1. The molecule has 2 rings (SSSR count). The molecular formula is C16H22IN3OS. The number of phenolic OH excluding ortho intramolecular Hbond substituents is 1. The number of benzene rings is 1. The molecule has 3 N–H and O–H groups in total. The van der Waals surface area contributed by atoms with Gasteiger partial charge in [0.25, 0.3) is 0 Å². The molecule has 4 nitrogen and oxygen atoms in total. The molecule has 0 aliphatic heterocycles. The van der Waals surface area contributed by atoms with Crippen molar-refractivity contribution in [3.8, 4) is 5.75 Å². The standard InChI is InChI=1S/C16H21N3OS.HI/c1-3-17-16(19-11-15-9-4-12(2)21-15)18-10-13-5-7-14(20)8-6-13;/h4-9,20H,3,10-11H2,1-2H3,(H2,17,18,19);1H. The average Bonchev–Trinajstić information content (AvgIpc) is 2.89. The summed E-state index contributed by atoms with van der Waals surface area (Å²) in [7, 11) is 0. The van der Waals surface area contributed by atoms with Gasteiger partial charge in [0.1, 0.15) is 5.75 Å². The van der Waals surface area contributed by atoms with Gasteiger partial charge in [0.05, 0.1) is 13.1 Å². The van der Waals surface area contributed by atoms with E-state index in [1.165, 1.54) is 9.75 Å². The number of rotatable bonds is 5. The lowest BCUT2D eigenvalue weighted by Crippen LogP contribution is -2.36. The molecule has 0 atom stereocenters. The second-order valence-electron chi connectivity index (χ2n) is 4.73. The monoisotopic (exact) mass is 431 g/mol. The minimum Gasteiger partial charge on any atom is -0.508 e. The highest BCUT2D eigenvalue weighted by molar-refractivity contribution is 14.0. The zero-order valence-corrected chi connectivity index (χ0v) is 15.9. The van der Waals surface area contributed by atoms with Gasteiger partial charge in [0, 0.05) is 16.3 Å². The van der Waals surface area contributed by atoms with Crippen molar-refractivity contribution in [2.24, 2.45) is 4.99 Å². The predicted octanol–water partition coefficient (Wildman–Crippen LogP) is 3.64. The molecule has 0 amide bonds. The molecule has 2 aromatic rings. The van der Waals surface area contributed by atoms with Gasteiger partial charge in [-0.15, -0.1) is 35.3 Å². The van der Waals surface area contributed by atoms with Crippen LogP contribution >= 0.6 is 35.3 Å². The number of hydrogen-bond acceptors (Lipinski definition) is 3. The molecule has 0 bridgehead atoms. The highest BCUT2D eigenvalue weighted by Crippen LogP contribution is 2.14. The van der Waals surface area contributed by atoms with Crippen LogP contribution < -0.4 is 10.6 Å². The van der Waals surface area contributed by atoms with Gasteiger partial charge in [-0.1, -0.05) is 12.1 Å². The molecule has 1 aromatic heterocycles. The molecule has 22 heavy (non-hydrogen) atoms. The first-order chi connectivity index (χ1) is 10.2. The maximum atomic E-state index is 9.27. The van der Waals surface area contributed by atoms with Gasteiger partial charge in [-0.25, -0.2) is 4.99 Å². The summed E-state index contributed by atoms with van der Waals surface area (Å²) < 4.78 is 0. The number of aliphatic imine (C=N–C) groups is 1. The molecule has 0 fully saturated rings. The van der Waals surface area contributed by atoms with Crippen LogP contribution in [-0.2, 0) is 13.1 Å². The molecule has 0 saturated heterocycles. The number of aryl methyl sites for hydroxylation is 1. The minimum absolute atomic E-state index is 0. The zero-order valence-electron chi connectivity index (χ0n) is 12.8. The lowest BCUT2D eigenvalue weighted by molar-refractivity contribution is 0.475. The fourth-order valence-electron chi connectivity index (χ4n) is 1.86. The Labute approximate surface area is 152 Å². The first kappa shape index (κ1) is 18.8. The fraction of sp³-hybridized carbons (Fsp3) is 0.312. The number of nitrogens with zero attached hydrogens (tertiary/aromatic N) is 1. The Morgan fingerprint density at radius 2 is 1.86 bits per heavy atom. The van der Waals surface area contributed by atoms with E-state index in [0.29, 0.717) is 6.54 Å². The first-order valence-electron chi connectivity index (χ1n) is 7.03. The molecule has 0 unspecified atom stereocenters. The van der Waals surface area contributed by atoms with Crippen LogP contribution in [0.15, 0.2) is 41.4 Å². The third-order valence-corrected chi connectivity index (χ3v) is 3.93. The Bertz CT molecular complexity index is 596. The zero-order chi connectivity index (χ0) is 15.1. The molecule has 0 spiro atoms. The van der Waals surface area contributed by atoms with Gasteiger partial charge in [-0.2, -0.15) is 0 Å². The molecule has 1 aromatic carbocycles. The second-order valence-corrected chi connectivity index (χ2v) is 6.10. The normalized spacial score (nSPS) is 10.9. The molecule has 0 saturated carbocycles. The van der Waals surface area contributed by atoms with Gasteiger partial charge in [-0.05, 0) is 43.7 Å². The molecule has 120 valence electrons. The Balaban J connectivity index is 0.00000242. The Kier molecular flexibility index (Phi) is 8.26. The fourth-order valence-corrected chi connectivity index (χ4v) is 2.69. The van der Waals surface area contributed by atoms with E-state index >= 15 is 0 Å². The van der Waals surface area contributed by atoms with Gasteiger partial charge in [0.2, 0.25) is 0 Å². The van der Waals surface area contributed by atoms with Crippen LogP contribution in [-0.4, -0.2) is 17.6 Å². The lowest BCUT2D eigenvalue weighted by Gasteiger charge is -2.10. The predicted molar refractivity (Wildman–Crippen MR) is 104 cm³/mol. The largest absolute Gasteiger partial charge is 0.508 e. The molecular weight excluding hydrogens is 409 g/mol. The average molecular weight is 431 g/mol. The number of nitrogens with one attached hydrogen (secondary N) is 2. The van der Waals surface area contributed by atoms with Crippen molar-refractivity contribution in [2.45, 2.75) is 26.9 Å². The van der Waals surface area contributed by atoms with E-state index in [1.807, 2.05) is 19.1 Å². The summed E-state index contributed by atoms with van der Waals surface area (Å²) >= 11 is 1.79. The van der Waals surface area contributed by atoms with Crippen molar-refractivity contribution in [1.29, 1.82) is 0 Å². The van der Waals surface area contributed by atoms with Crippen LogP contribution in [0.2, 0.25) is 0 Å². The van der Waals surface area contributed by atoms with Crippen LogP contribution in [0.5, 0.6) is 5.75 Å². The summed E-state index contributed by atoms with van der Waals surface area (Å²) in [6, 6.07) is 11.4. The highest BCUT2D eigenvalue weighted by Gasteiger charge is 2.00. The van der Waals surface area contributed by atoms with Crippen LogP contribution in [0.3, 0.4) is 0 Å². The molecule has 1 heterocycles. The Morgan fingerprint density at radius 3 is 2.45 bits per heavy atom. The molecule has 6 heteroatoms. The van der Waals surface area contributed by atoms with Gasteiger partial charge >= 0.3 is 0 Å². The van der Waals surface area contributed by atoms with Crippen LogP contribution in [0.25, 0.3) is 0 Å². The summed E-state index contributed by atoms with van der Waals surface area (Å²) in [6.07, 6.45) is 0. The van der Waals surface area contributed by atoms with Crippen molar-refractivity contribution in [1.82, 2.24) is 10.6 Å². The summed E-state index contributed by atoms with van der Waals surface area (Å²) in [5.41, 5.74) is 1.07. The number of halogens is 1. The van der Waals surface area contributed by atoms with Gasteiger partial charge in [0.15, 0.2) is 5.96 Å². The smallest absolute Gasteiger partial charge is 0.191 e. The first-order valence-corrected chi connectivity index (χ1v) is 7.84. The maximum Gasteiger partial charge on any atom is 0.191 e. The van der Waals surface area contributed by atoms with Crippen molar-refractivity contribution < 1.29 is 5.11 Å². The SMILES string of the molecule is CCNC(=NCc1ccc(O)cc1)NCc1ccc(C)s1.I. The Hall–Kier alpha value is -1.28.